The van der Waals surface area contributed by atoms with Crippen molar-refractivity contribution < 1.29 is 18.7 Å². The van der Waals surface area contributed by atoms with Crippen molar-refractivity contribution in [3.63, 3.8) is 0 Å². The van der Waals surface area contributed by atoms with Crippen LogP contribution in [0.3, 0.4) is 0 Å². The van der Waals surface area contributed by atoms with Crippen LogP contribution in [0.15, 0.2) is 18.2 Å². The second-order valence-corrected chi connectivity index (χ2v) is 5.28. The van der Waals surface area contributed by atoms with E-state index in [1.807, 2.05) is 0 Å². The molecule has 4 nitrogen and oxygen atoms in total. The SMILES string of the molecule is COCC1(CCNC(=O)c2cc(F)ccc2OC)CC1. The van der Waals surface area contributed by atoms with Gasteiger partial charge in [-0.1, -0.05) is 0 Å². The predicted molar refractivity (Wildman–Crippen MR) is 73.4 cm³/mol. The van der Waals surface area contributed by atoms with E-state index in [1.54, 1.807) is 7.11 Å². The van der Waals surface area contributed by atoms with E-state index in [0.717, 1.165) is 25.9 Å². The molecule has 0 saturated heterocycles. The second-order valence-electron chi connectivity index (χ2n) is 5.28. The maximum absolute atomic E-state index is 13.2. The first-order valence-electron chi connectivity index (χ1n) is 6.71. The van der Waals surface area contributed by atoms with Crippen LogP contribution in [0, 0.1) is 11.2 Å². The quantitative estimate of drug-likeness (QED) is 0.834. The molecular formula is C15H20FNO3. The molecule has 20 heavy (non-hydrogen) atoms. The van der Waals surface area contributed by atoms with Crippen LogP contribution >= 0.6 is 0 Å². The Morgan fingerprint density at radius 2 is 2.15 bits per heavy atom. The highest BCUT2D eigenvalue weighted by Gasteiger charge is 2.41. The van der Waals surface area contributed by atoms with E-state index < -0.39 is 5.82 Å². The zero-order valence-electron chi connectivity index (χ0n) is 11.9. The van der Waals surface area contributed by atoms with Crippen molar-refractivity contribution in [2.24, 2.45) is 5.41 Å². The third-order valence-electron chi connectivity index (χ3n) is 3.75. The Morgan fingerprint density at radius 3 is 2.75 bits per heavy atom. The molecular weight excluding hydrogens is 261 g/mol. The summed E-state index contributed by atoms with van der Waals surface area (Å²) in [6.07, 6.45) is 3.16. The van der Waals surface area contributed by atoms with Crippen LogP contribution in [-0.4, -0.2) is 33.3 Å². The number of benzene rings is 1. The molecule has 1 fully saturated rings. The maximum atomic E-state index is 13.2. The van der Waals surface area contributed by atoms with E-state index >= 15 is 0 Å². The topological polar surface area (TPSA) is 47.6 Å². The van der Waals surface area contributed by atoms with Crippen molar-refractivity contribution in [2.75, 3.05) is 27.4 Å². The Labute approximate surface area is 118 Å². The third kappa shape index (κ3) is 3.48. The van der Waals surface area contributed by atoms with Gasteiger partial charge in [-0.05, 0) is 42.9 Å². The molecule has 1 N–H and O–H groups in total. The van der Waals surface area contributed by atoms with E-state index in [9.17, 15) is 9.18 Å². The number of hydrogen-bond donors (Lipinski definition) is 1. The van der Waals surface area contributed by atoms with Gasteiger partial charge in [0.05, 0.1) is 19.3 Å². The summed E-state index contributed by atoms with van der Waals surface area (Å²) >= 11 is 0. The van der Waals surface area contributed by atoms with Crippen LogP contribution in [0.5, 0.6) is 5.75 Å². The molecule has 110 valence electrons. The molecule has 1 aromatic rings. The lowest BCUT2D eigenvalue weighted by atomic mass is 10.0. The van der Waals surface area contributed by atoms with Crippen LogP contribution in [0.2, 0.25) is 0 Å². The fourth-order valence-electron chi connectivity index (χ4n) is 2.34. The van der Waals surface area contributed by atoms with Gasteiger partial charge in [0.15, 0.2) is 0 Å². The maximum Gasteiger partial charge on any atom is 0.255 e. The van der Waals surface area contributed by atoms with Crippen LogP contribution in [0.25, 0.3) is 0 Å². The minimum Gasteiger partial charge on any atom is -0.496 e. The van der Waals surface area contributed by atoms with Crippen LogP contribution < -0.4 is 10.1 Å². The molecule has 0 radical (unpaired) electrons. The van der Waals surface area contributed by atoms with Gasteiger partial charge in [0.25, 0.3) is 5.91 Å². The Hall–Kier alpha value is -1.62. The average molecular weight is 281 g/mol. The highest BCUT2D eigenvalue weighted by atomic mass is 19.1. The van der Waals surface area contributed by atoms with Crippen molar-refractivity contribution >= 4 is 5.91 Å². The Balaban J connectivity index is 1.90. The largest absolute Gasteiger partial charge is 0.496 e. The number of methoxy groups -OCH3 is 2. The molecule has 0 unspecified atom stereocenters. The Kier molecular flexibility index (Phi) is 4.60. The molecule has 1 saturated carbocycles. The fourth-order valence-corrected chi connectivity index (χ4v) is 2.34. The van der Waals surface area contributed by atoms with Crippen molar-refractivity contribution in [1.82, 2.24) is 5.32 Å². The summed E-state index contributed by atoms with van der Waals surface area (Å²) in [6, 6.07) is 3.92. The molecule has 2 rings (SSSR count). The number of nitrogens with one attached hydrogen (secondary N) is 1. The second kappa shape index (κ2) is 6.22. The van der Waals surface area contributed by atoms with Crippen molar-refractivity contribution in [2.45, 2.75) is 19.3 Å². The number of halogens is 1. The molecule has 1 aliphatic rings. The van der Waals surface area contributed by atoms with Gasteiger partial charge in [-0.2, -0.15) is 0 Å². The number of ether oxygens (including phenoxy) is 2. The lowest BCUT2D eigenvalue weighted by Crippen LogP contribution is -2.27. The normalized spacial score (nSPS) is 15.8. The molecule has 0 heterocycles. The molecule has 1 aromatic carbocycles. The first kappa shape index (κ1) is 14.8. The van der Waals surface area contributed by atoms with Gasteiger partial charge in [-0.3, -0.25) is 4.79 Å². The van der Waals surface area contributed by atoms with Gasteiger partial charge in [-0.15, -0.1) is 0 Å². The van der Waals surface area contributed by atoms with Crippen molar-refractivity contribution in [1.29, 1.82) is 0 Å². The first-order valence-corrected chi connectivity index (χ1v) is 6.71. The zero-order chi connectivity index (χ0) is 14.6. The number of hydrogen-bond acceptors (Lipinski definition) is 3. The van der Waals surface area contributed by atoms with E-state index in [1.165, 1.54) is 25.3 Å². The van der Waals surface area contributed by atoms with E-state index in [2.05, 4.69) is 5.32 Å². The minimum atomic E-state index is -0.450. The third-order valence-corrected chi connectivity index (χ3v) is 3.75. The summed E-state index contributed by atoms with van der Waals surface area (Å²) in [6.45, 7) is 1.29. The van der Waals surface area contributed by atoms with Crippen molar-refractivity contribution in [3.8, 4) is 5.75 Å². The summed E-state index contributed by atoms with van der Waals surface area (Å²) in [7, 11) is 3.15. The Bertz CT molecular complexity index is 486. The summed E-state index contributed by atoms with van der Waals surface area (Å²) in [5, 5.41) is 2.81. The molecule has 0 spiro atoms. The zero-order valence-corrected chi connectivity index (χ0v) is 11.9. The van der Waals surface area contributed by atoms with Gasteiger partial charge < -0.3 is 14.8 Å². The van der Waals surface area contributed by atoms with Gasteiger partial charge in [-0.25, -0.2) is 4.39 Å². The van der Waals surface area contributed by atoms with Crippen LogP contribution in [0.4, 0.5) is 4.39 Å². The standard InChI is InChI=1S/C15H20FNO3/c1-19-10-15(5-6-15)7-8-17-14(18)12-9-11(16)3-4-13(12)20-2/h3-4,9H,5-8,10H2,1-2H3,(H,17,18). The average Bonchev–Trinajstić information content (AvgIpc) is 3.19. The summed E-state index contributed by atoms with van der Waals surface area (Å²) in [4.78, 5) is 12.1. The lowest BCUT2D eigenvalue weighted by molar-refractivity contribution is 0.0938. The molecule has 0 atom stereocenters. The molecule has 0 aromatic heterocycles. The van der Waals surface area contributed by atoms with Gasteiger partial charge in [0.2, 0.25) is 0 Å². The predicted octanol–water partition coefficient (Wildman–Crippen LogP) is 2.38. The number of amides is 1. The number of rotatable bonds is 7. The Morgan fingerprint density at radius 1 is 1.40 bits per heavy atom. The van der Waals surface area contributed by atoms with Crippen molar-refractivity contribution in [3.05, 3.63) is 29.6 Å². The minimum absolute atomic E-state index is 0.226. The lowest BCUT2D eigenvalue weighted by Gasteiger charge is -2.14. The first-order chi connectivity index (χ1) is 9.60. The van der Waals surface area contributed by atoms with E-state index in [0.29, 0.717) is 12.3 Å². The van der Waals surface area contributed by atoms with E-state index in [-0.39, 0.29) is 16.9 Å². The number of carbonyl (C=O) groups is 1. The number of carbonyl (C=O) groups excluding carboxylic acids is 1. The smallest absolute Gasteiger partial charge is 0.255 e. The summed E-state index contributed by atoms with van der Waals surface area (Å²) < 4.78 is 23.5. The van der Waals surface area contributed by atoms with Crippen LogP contribution in [-0.2, 0) is 4.74 Å². The van der Waals surface area contributed by atoms with Gasteiger partial charge in [0, 0.05) is 13.7 Å². The molecule has 1 amide bonds. The summed E-state index contributed by atoms with van der Waals surface area (Å²) in [5.74, 6) is -0.384. The highest BCUT2D eigenvalue weighted by Crippen LogP contribution is 2.48. The highest BCUT2D eigenvalue weighted by molar-refractivity contribution is 5.96. The van der Waals surface area contributed by atoms with Gasteiger partial charge in [0.1, 0.15) is 11.6 Å². The summed E-state index contributed by atoms with van der Waals surface area (Å²) in [5.41, 5.74) is 0.456. The van der Waals surface area contributed by atoms with Gasteiger partial charge >= 0.3 is 0 Å². The van der Waals surface area contributed by atoms with E-state index in [4.69, 9.17) is 9.47 Å². The van der Waals surface area contributed by atoms with Crippen LogP contribution in [0.1, 0.15) is 29.6 Å². The monoisotopic (exact) mass is 281 g/mol. The molecule has 0 aliphatic heterocycles. The molecule has 1 aliphatic carbocycles. The fraction of sp³-hybridized carbons (Fsp3) is 0.533. The molecule has 0 bridgehead atoms. The molecule has 5 heteroatoms.